The minimum absolute atomic E-state index is 0.131. The van der Waals surface area contributed by atoms with Crippen LogP contribution in [0.1, 0.15) is 18.4 Å². The molecule has 2 aromatic rings. The summed E-state index contributed by atoms with van der Waals surface area (Å²) in [5.41, 5.74) is 8.22. The van der Waals surface area contributed by atoms with Crippen LogP contribution in [0.15, 0.2) is 30.5 Å². The number of carbonyl (C=O) groups is 1. The van der Waals surface area contributed by atoms with Crippen molar-refractivity contribution in [1.82, 2.24) is 9.88 Å². The summed E-state index contributed by atoms with van der Waals surface area (Å²) in [5.74, 6) is 0. The fourth-order valence-electron chi connectivity index (χ4n) is 3.43. The first kappa shape index (κ1) is 12.7. The van der Waals surface area contributed by atoms with Gasteiger partial charge in [-0.3, -0.25) is 4.90 Å². The standard InChI is InChI=1S/C16H19N3O2/c17-12-7-13(8-12)19-14(9-21-16(19)20)6-10-1-2-15-11(5-10)3-4-18-15/h1-5,12-14,18H,6-9,17H2/t12?,13?,14-/m0/s1. The fourth-order valence-corrected chi connectivity index (χ4v) is 3.43. The van der Waals surface area contributed by atoms with Gasteiger partial charge in [0.25, 0.3) is 0 Å². The highest BCUT2D eigenvalue weighted by Crippen LogP contribution is 2.31. The van der Waals surface area contributed by atoms with Crippen LogP contribution in [-0.4, -0.2) is 40.7 Å². The summed E-state index contributed by atoms with van der Waals surface area (Å²) in [4.78, 5) is 17.0. The van der Waals surface area contributed by atoms with E-state index in [1.807, 2.05) is 11.1 Å². The van der Waals surface area contributed by atoms with Crippen LogP contribution in [0.25, 0.3) is 10.9 Å². The number of ether oxygens (including phenoxy) is 1. The first-order chi connectivity index (χ1) is 10.2. The first-order valence-corrected chi connectivity index (χ1v) is 7.47. The Morgan fingerprint density at radius 1 is 1.33 bits per heavy atom. The van der Waals surface area contributed by atoms with Crippen LogP contribution >= 0.6 is 0 Å². The Labute approximate surface area is 123 Å². The van der Waals surface area contributed by atoms with Gasteiger partial charge in [-0.2, -0.15) is 0 Å². The van der Waals surface area contributed by atoms with Gasteiger partial charge in [0.2, 0.25) is 0 Å². The van der Waals surface area contributed by atoms with E-state index >= 15 is 0 Å². The molecule has 0 radical (unpaired) electrons. The molecule has 0 spiro atoms. The predicted octanol–water partition coefficient (Wildman–Crippen LogP) is 2.02. The fraction of sp³-hybridized carbons (Fsp3) is 0.438. The second-order valence-electron chi connectivity index (χ2n) is 6.13. The molecule has 1 aliphatic carbocycles. The zero-order valence-electron chi connectivity index (χ0n) is 11.8. The number of nitrogens with zero attached hydrogens (tertiary/aromatic N) is 1. The van der Waals surface area contributed by atoms with Crippen LogP contribution in [0, 0.1) is 0 Å². The molecule has 4 rings (SSSR count). The van der Waals surface area contributed by atoms with Gasteiger partial charge in [-0.05, 0) is 48.4 Å². The summed E-state index contributed by atoms with van der Waals surface area (Å²) in [5, 5.41) is 1.20. The molecule has 2 fully saturated rings. The molecule has 1 atom stereocenters. The lowest BCUT2D eigenvalue weighted by Crippen LogP contribution is -2.54. The summed E-state index contributed by atoms with van der Waals surface area (Å²) >= 11 is 0. The average Bonchev–Trinajstić information content (AvgIpc) is 3.02. The van der Waals surface area contributed by atoms with Gasteiger partial charge in [-0.1, -0.05) is 6.07 Å². The maximum absolute atomic E-state index is 11.9. The number of rotatable bonds is 3. The topological polar surface area (TPSA) is 71.3 Å². The molecule has 1 aromatic carbocycles. The summed E-state index contributed by atoms with van der Waals surface area (Å²) in [6.45, 7) is 0.482. The van der Waals surface area contributed by atoms with Crippen molar-refractivity contribution in [3.8, 4) is 0 Å². The monoisotopic (exact) mass is 285 g/mol. The first-order valence-electron chi connectivity index (χ1n) is 7.47. The van der Waals surface area contributed by atoms with E-state index in [-0.39, 0.29) is 24.2 Å². The molecule has 21 heavy (non-hydrogen) atoms. The summed E-state index contributed by atoms with van der Waals surface area (Å²) in [6.07, 6.45) is 4.38. The third kappa shape index (κ3) is 2.17. The van der Waals surface area contributed by atoms with Crippen LogP contribution in [0.2, 0.25) is 0 Å². The van der Waals surface area contributed by atoms with Crippen molar-refractivity contribution < 1.29 is 9.53 Å². The van der Waals surface area contributed by atoms with E-state index in [4.69, 9.17) is 10.5 Å². The van der Waals surface area contributed by atoms with Gasteiger partial charge < -0.3 is 15.5 Å². The third-order valence-corrected chi connectivity index (χ3v) is 4.64. The molecule has 1 aromatic heterocycles. The van der Waals surface area contributed by atoms with E-state index in [9.17, 15) is 4.79 Å². The number of aromatic nitrogens is 1. The number of nitrogens with two attached hydrogens (primary N) is 1. The average molecular weight is 285 g/mol. The van der Waals surface area contributed by atoms with Crippen molar-refractivity contribution in [2.24, 2.45) is 5.73 Å². The summed E-state index contributed by atoms with van der Waals surface area (Å²) < 4.78 is 5.25. The number of carbonyl (C=O) groups excluding carboxylic acids is 1. The molecular weight excluding hydrogens is 266 g/mol. The molecule has 0 bridgehead atoms. The lowest BCUT2D eigenvalue weighted by molar-refractivity contribution is 0.108. The third-order valence-electron chi connectivity index (χ3n) is 4.64. The van der Waals surface area contributed by atoms with E-state index in [1.165, 1.54) is 10.9 Å². The van der Waals surface area contributed by atoms with Crippen LogP contribution in [0.4, 0.5) is 4.79 Å². The largest absolute Gasteiger partial charge is 0.447 e. The van der Waals surface area contributed by atoms with Gasteiger partial charge in [-0.15, -0.1) is 0 Å². The molecule has 2 aliphatic rings. The molecule has 1 amide bonds. The lowest BCUT2D eigenvalue weighted by Gasteiger charge is -2.40. The molecule has 5 heteroatoms. The van der Waals surface area contributed by atoms with Crippen LogP contribution in [0.3, 0.4) is 0 Å². The number of fused-ring (bicyclic) bond motifs is 1. The Morgan fingerprint density at radius 3 is 3.00 bits per heavy atom. The van der Waals surface area contributed by atoms with Gasteiger partial charge in [-0.25, -0.2) is 4.79 Å². The van der Waals surface area contributed by atoms with E-state index < -0.39 is 0 Å². The van der Waals surface area contributed by atoms with Gasteiger partial charge in [0, 0.05) is 23.8 Å². The van der Waals surface area contributed by atoms with E-state index in [0.717, 1.165) is 24.8 Å². The maximum atomic E-state index is 11.9. The van der Waals surface area contributed by atoms with Crippen molar-refractivity contribution in [2.45, 2.75) is 37.4 Å². The molecule has 110 valence electrons. The highest BCUT2D eigenvalue weighted by molar-refractivity contribution is 5.80. The Bertz CT molecular complexity index is 675. The minimum Gasteiger partial charge on any atom is -0.447 e. The number of hydrogen-bond donors (Lipinski definition) is 2. The number of aromatic amines is 1. The van der Waals surface area contributed by atoms with Crippen molar-refractivity contribution in [1.29, 1.82) is 0 Å². The highest BCUT2D eigenvalue weighted by atomic mass is 16.6. The zero-order chi connectivity index (χ0) is 14.4. The molecule has 1 saturated heterocycles. The Balaban J connectivity index is 1.53. The Morgan fingerprint density at radius 2 is 2.19 bits per heavy atom. The number of amides is 1. The zero-order valence-corrected chi connectivity index (χ0v) is 11.8. The molecular formula is C16H19N3O2. The number of nitrogens with one attached hydrogen (secondary N) is 1. The second-order valence-corrected chi connectivity index (χ2v) is 6.13. The molecule has 0 unspecified atom stereocenters. The quantitative estimate of drug-likeness (QED) is 0.906. The lowest BCUT2D eigenvalue weighted by atomic mass is 9.85. The predicted molar refractivity (Wildman–Crippen MR) is 80.0 cm³/mol. The molecule has 5 nitrogen and oxygen atoms in total. The molecule has 3 N–H and O–H groups in total. The van der Waals surface area contributed by atoms with E-state index in [2.05, 4.69) is 29.2 Å². The number of benzene rings is 1. The minimum atomic E-state index is -0.181. The Hall–Kier alpha value is -2.01. The van der Waals surface area contributed by atoms with E-state index in [1.54, 1.807) is 0 Å². The van der Waals surface area contributed by atoms with Crippen molar-refractivity contribution in [3.05, 3.63) is 36.0 Å². The second kappa shape index (κ2) is 4.77. The number of hydrogen-bond acceptors (Lipinski definition) is 3. The van der Waals surface area contributed by atoms with Gasteiger partial charge in [0.15, 0.2) is 0 Å². The normalized spacial score (nSPS) is 28.7. The van der Waals surface area contributed by atoms with Gasteiger partial charge in [0.05, 0.1) is 6.04 Å². The summed E-state index contributed by atoms with van der Waals surface area (Å²) in [6, 6.07) is 9.08. The number of cyclic esters (lactones) is 1. The van der Waals surface area contributed by atoms with Crippen molar-refractivity contribution in [3.63, 3.8) is 0 Å². The summed E-state index contributed by atoms with van der Waals surface area (Å²) in [7, 11) is 0. The highest BCUT2D eigenvalue weighted by Gasteiger charge is 2.42. The maximum Gasteiger partial charge on any atom is 0.410 e. The van der Waals surface area contributed by atoms with Crippen LogP contribution < -0.4 is 5.73 Å². The van der Waals surface area contributed by atoms with Crippen molar-refractivity contribution >= 4 is 17.0 Å². The Kier molecular flexibility index (Phi) is 2.89. The van der Waals surface area contributed by atoms with Crippen LogP contribution in [0.5, 0.6) is 0 Å². The smallest absolute Gasteiger partial charge is 0.410 e. The molecule has 2 heterocycles. The van der Waals surface area contributed by atoms with E-state index in [0.29, 0.717) is 6.61 Å². The van der Waals surface area contributed by atoms with Crippen LogP contribution in [-0.2, 0) is 11.2 Å². The number of H-pyrrole nitrogens is 1. The van der Waals surface area contributed by atoms with Crippen molar-refractivity contribution in [2.75, 3.05) is 6.61 Å². The SMILES string of the molecule is NC1CC(N2C(=O)OC[C@@H]2Cc2ccc3[nH]ccc3c2)C1. The van der Waals surface area contributed by atoms with Gasteiger partial charge in [0.1, 0.15) is 6.61 Å². The molecule has 1 aliphatic heterocycles. The molecule has 1 saturated carbocycles. The van der Waals surface area contributed by atoms with Gasteiger partial charge >= 0.3 is 6.09 Å².